The first-order valence-electron chi connectivity index (χ1n) is 6.26. The van der Waals surface area contributed by atoms with E-state index in [-0.39, 0.29) is 11.3 Å². The number of rotatable bonds is 8. The van der Waals surface area contributed by atoms with Crippen LogP contribution in [0.2, 0.25) is 0 Å². The second-order valence-electron chi connectivity index (χ2n) is 5.27. The molecule has 0 aromatic rings. The van der Waals surface area contributed by atoms with Crippen LogP contribution in [0.1, 0.15) is 47.5 Å². The summed E-state index contributed by atoms with van der Waals surface area (Å²) in [5.41, 5.74) is -0.327. The van der Waals surface area contributed by atoms with Crippen molar-refractivity contribution in [2.45, 2.75) is 47.5 Å². The van der Waals surface area contributed by atoms with Crippen molar-refractivity contribution in [3.05, 3.63) is 0 Å². The van der Waals surface area contributed by atoms with E-state index in [1.807, 2.05) is 20.8 Å². The molecule has 0 atom stereocenters. The van der Waals surface area contributed by atoms with Crippen LogP contribution in [0.15, 0.2) is 0 Å². The van der Waals surface area contributed by atoms with Crippen molar-refractivity contribution in [2.24, 2.45) is 11.3 Å². The molecule has 0 saturated heterocycles. The van der Waals surface area contributed by atoms with Crippen LogP contribution in [-0.4, -0.2) is 25.7 Å². The minimum Gasteiger partial charge on any atom is -0.382 e. The largest absolute Gasteiger partial charge is 0.382 e. The maximum Gasteiger partial charge on any atom is 0.225 e. The summed E-state index contributed by atoms with van der Waals surface area (Å²) in [5.74, 6) is 0.764. The van der Waals surface area contributed by atoms with Gasteiger partial charge in [-0.05, 0) is 25.7 Å². The number of hydrogen-bond donors (Lipinski definition) is 1. The molecule has 0 unspecified atom stereocenters. The van der Waals surface area contributed by atoms with E-state index < -0.39 is 0 Å². The fourth-order valence-electron chi connectivity index (χ4n) is 1.30. The average Bonchev–Trinajstić information content (AvgIpc) is 2.17. The van der Waals surface area contributed by atoms with Gasteiger partial charge in [0.25, 0.3) is 0 Å². The van der Waals surface area contributed by atoms with E-state index in [0.717, 1.165) is 19.4 Å². The van der Waals surface area contributed by atoms with Crippen molar-refractivity contribution in [2.75, 3.05) is 19.8 Å². The number of carbonyl (C=O) groups is 1. The quantitative estimate of drug-likeness (QED) is 0.650. The summed E-state index contributed by atoms with van der Waals surface area (Å²) in [6, 6.07) is 0. The molecule has 0 aromatic carbocycles. The lowest BCUT2D eigenvalue weighted by Gasteiger charge is -2.23. The molecular weight excluding hydrogens is 202 g/mol. The molecule has 0 rings (SSSR count). The van der Waals surface area contributed by atoms with E-state index in [9.17, 15) is 4.79 Å². The highest BCUT2D eigenvalue weighted by Crippen LogP contribution is 2.20. The number of ether oxygens (including phenoxy) is 1. The molecule has 0 aliphatic rings. The van der Waals surface area contributed by atoms with Crippen molar-refractivity contribution in [3.8, 4) is 0 Å². The molecule has 0 aliphatic carbocycles. The number of hydrogen-bond acceptors (Lipinski definition) is 2. The van der Waals surface area contributed by atoms with Crippen molar-refractivity contribution < 1.29 is 9.53 Å². The van der Waals surface area contributed by atoms with E-state index in [1.165, 1.54) is 0 Å². The molecule has 3 nitrogen and oxygen atoms in total. The zero-order valence-electron chi connectivity index (χ0n) is 11.4. The molecule has 3 heteroatoms. The van der Waals surface area contributed by atoms with Crippen LogP contribution in [0.5, 0.6) is 0 Å². The van der Waals surface area contributed by atoms with E-state index in [0.29, 0.717) is 19.1 Å². The zero-order valence-corrected chi connectivity index (χ0v) is 11.4. The van der Waals surface area contributed by atoms with Crippen LogP contribution >= 0.6 is 0 Å². The summed E-state index contributed by atoms with van der Waals surface area (Å²) in [6.45, 7) is 12.4. The lowest BCUT2D eigenvalue weighted by molar-refractivity contribution is -0.130. The molecule has 0 bridgehead atoms. The monoisotopic (exact) mass is 229 g/mol. The Morgan fingerprint density at radius 3 is 2.50 bits per heavy atom. The van der Waals surface area contributed by atoms with Crippen LogP contribution < -0.4 is 5.32 Å². The first-order valence-corrected chi connectivity index (χ1v) is 6.26. The Kier molecular flexibility index (Phi) is 7.39. The Morgan fingerprint density at radius 2 is 2.00 bits per heavy atom. The molecule has 0 aliphatic heterocycles. The SMILES string of the molecule is CCOCCC(C)(C)C(=O)NCCC(C)C. The molecule has 0 fully saturated rings. The average molecular weight is 229 g/mol. The van der Waals surface area contributed by atoms with Crippen molar-refractivity contribution in [3.63, 3.8) is 0 Å². The second kappa shape index (κ2) is 7.66. The molecule has 0 radical (unpaired) electrons. The molecule has 0 heterocycles. The van der Waals surface area contributed by atoms with Crippen LogP contribution in [0.4, 0.5) is 0 Å². The molecule has 16 heavy (non-hydrogen) atoms. The minimum absolute atomic E-state index is 0.132. The topological polar surface area (TPSA) is 38.3 Å². The lowest BCUT2D eigenvalue weighted by Crippen LogP contribution is -2.38. The normalized spacial score (nSPS) is 11.9. The van der Waals surface area contributed by atoms with Gasteiger partial charge in [-0.1, -0.05) is 27.7 Å². The highest BCUT2D eigenvalue weighted by Gasteiger charge is 2.26. The fourth-order valence-corrected chi connectivity index (χ4v) is 1.30. The van der Waals surface area contributed by atoms with Gasteiger partial charge >= 0.3 is 0 Å². The predicted octanol–water partition coefficient (Wildman–Crippen LogP) is 2.60. The number of amides is 1. The smallest absolute Gasteiger partial charge is 0.225 e. The van der Waals surface area contributed by atoms with Gasteiger partial charge in [0, 0.05) is 25.2 Å². The van der Waals surface area contributed by atoms with E-state index >= 15 is 0 Å². The predicted molar refractivity (Wildman–Crippen MR) is 67.4 cm³/mol. The Hall–Kier alpha value is -0.570. The van der Waals surface area contributed by atoms with Gasteiger partial charge in [-0.2, -0.15) is 0 Å². The summed E-state index contributed by atoms with van der Waals surface area (Å²) >= 11 is 0. The molecular formula is C13H27NO2. The summed E-state index contributed by atoms with van der Waals surface area (Å²) in [5, 5.41) is 2.99. The maximum absolute atomic E-state index is 11.9. The molecule has 0 saturated carbocycles. The van der Waals surface area contributed by atoms with Crippen molar-refractivity contribution in [1.29, 1.82) is 0 Å². The van der Waals surface area contributed by atoms with Gasteiger partial charge in [-0.25, -0.2) is 0 Å². The van der Waals surface area contributed by atoms with Gasteiger partial charge in [-0.3, -0.25) is 4.79 Å². The van der Waals surface area contributed by atoms with Gasteiger partial charge in [-0.15, -0.1) is 0 Å². The Balaban J connectivity index is 3.85. The third-order valence-electron chi connectivity index (χ3n) is 2.70. The molecule has 1 amide bonds. The number of carbonyl (C=O) groups excluding carboxylic acids is 1. The van der Waals surface area contributed by atoms with Gasteiger partial charge in [0.05, 0.1) is 0 Å². The molecule has 96 valence electrons. The summed E-state index contributed by atoms with van der Waals surface area (Å²) in [6.07, 6.45) is 1.81. The van der Waals surface area contributed by atoms with E-state index in [4.69, 9.17) is 4.74 Å². The van der Waals surface area contributed by atoms with Crippen LogP contribution in [0.25, 0.3) is 0 Å². The molecule has 0 spiro atoms. The molecule has 0 aromatic heterocycles. The Labute approximate surface area is 99.9 Å². The third-order valence-corrected chi connectivity index (χ3v) is 2.70. The standard InChI is InChI=1S/C13H27NO2/c1-6-16-10-8-13(4,5)12(15)14-9-7-11(2)3/h11H,6-10H2,1-5H3,(H,14,15). The van der Waals surface area contributed by atoms with Crippen molar-refractivity contribution in [1.82, 2.24) is 5.32 Å². The Bertz CT molecular complexity index is 200. The van der Waals surface area contributed by atoms with Crippen molar-refractivity contribution >= 4 is 5.91 Å². The summed E-state index contributed by atoms with van der Waals surface area (Å²) < 4.78 is 5.28. The van der Waals surface area contributed by atoms with Crippen LogP contribution in [0.3, 0.4) is 0 Å². The van der Waals surface area contributed by atoms with Crippen LogP contribution in [-0.2, 0) is 9.53 Å². The molecule has 1 N–H and O–H groups in total. The first kappa shape index (κ1) is 15.4. The van der Waals surface area contributed by atoms with Gasteiger partial charge in [0.2, 0.25) is 5.91 Å². The fraction of sp³-hybridized carbons (Fsp3) is 0.923. The van der Waals surface area contributed by atoms with E-state index in [1.54, 1.807) is 0 Å². The summed E-state index contributed by atoms with van der Waals surface area (Å²) in [7, 11) is 0. The maximum atomic E-state index is 11.9. The van der Waals surface area contributed by atoms with Gasteiger partial charge in [0.15, 0.2) is 0 Å². The highest BCUT2D eigenvalue weighted by molar-refractivity contribution is 5.81. The minimum atomic E-state index is -0.327. The highest BCUT2D eigenvalue weighted by atomic mass is 16.5. The number of nitrogens with one attached hydrogen (secondary N) is 1. The lowest BCUT2D eigenvalue weighted by atomic mass is 9.88. The van der Waals surface area contributed by atoms with E-state index in [2.05, 4.69) is 19.2 Å². The van der Waals surface area contributed by atoms with Gasteiger partial charge < -0.3 is 10.1 Å². The Morgan fingerprint density at radius 1 is 1.38 bits per heavy atom. The van der Waals surface area contributed by atoms with Gasteiger partial charge in [0.1, 0.15) is 0 Å². The first-order chi connectivity index (χ1) is 7.40. The second-order valence-corrected chi connectivity index (χ2v) is 5.27. The summed E-state index contributed by atoms with van der Waals surface area (Å²) in [4.78, 5) is 11.9. The van der Waals surface area contributed by atoms with Crippen LogP contribution in [0, 0.1) is 11.3 Å². The third kappa shape index (κ3) is 6.83. The zero-order chi connectivity index (χ0) is 12.6.